The molecule has 0 amide bonds. The Morgan fingerprint density at radius 1 is 1.14 bits per heavy atom. The van der Waals surface area contributed by atoms with E-state index in [2.05, 4.69) is 0 Å². The van der Waals surface area contributed by atoms with Crippen molar-refractivity contribution in [1.29, 1.82) is 0 Å². The second-order valence-electron chi connectivity index (χ2n) is 2.66. The lowest BCUT2D eigenvalue weighted by Gasteiger charge is -1.97. The van der Waals surface area contributed by atoms with Gasteiger partial charge in [0.15, 0.2) is 0 Å². The Bertz CT molecular complexity index is 288. The number of hydrogen-bond acceptors (Lipinski definition) is 1. The van der Waals surface area contributed by atoms with Crippen molar-refractivity contribution in [2.24, 2.45) is 0 Å². The van der Waals surface area contributed by atoms with E-state index in [0.717, 1.165) is 18.2 Å². The normalized spacial score (nSPS) is 8.93. The number of rotatable bonds is 2. The van der Waals surface area contributed by atoms with Gasteiger partial charge < -0.3 is 0 Å². The third kappa shape index (κ3) is 4.70. The predicted molar refractivity (Wildman–Crippen MR) is 52.1 cm³/mol. The van der Waals surface area contributed by atoms with E-state index in [-0.39, 0.29) is 12.2 Å². The maximum Gasteiger partial charge on any atom is 0.134 e. The lowest BCUT2D eigenvalue weighted by molar-refractivity contribution is -0.116. The Kier molecular flexibility index (Phi) is 5.68. The summed E-state index contributed by atoms with van der Waals surface area (Å²) >= 11 is 0. The molecule has 0 fully saturated rings. The zero-order valence-electron chi connectivity index (χ0n) is 8.60. The number of hydrogen-bond donors (Lipinski definition) is 0. The average molecular weight is 200 g/mol. The third-order valence-corrected chi connectivity index (χ3v) is 1.38. The number of carbonyl (C=O) groups excluding carboxylic acids is 1. The van der Waals surface area contributed by atoms with Gasteiger partial charge in [0.1, 0.15) is 17.4 Å². The summed E-state index contributed by atoms with van der Waals surface area (Å²) in [6, 6.07) is 3.10. The quantitative estimate of drug-likeness (QED) is 0.716. The fraction of sp³-hybridized carbons (Fsp3) is 0.364. The van der Waals surface area contributed by atoms with Gasteiger partial charge in [-0.3, -0.25) is 4.79 Å². The van der Waals surface area contributed by atoms with Gasteiger partial charge in [-0.15, -0.1) is 0 Å². The van der Waals surface area contributed by atoms with E-state index in [9.17, 15) is 13.6 Å². The summed E-state index contributed by atoms with van der Waals surface area (Å²) in [5.41, 5.74) is 0.375. The van der Waals surface area contributed by atoms with Gasteiger partial charge in [0, 0.05) is 12.5 Å². The molecule has 0 spiro atoms. The van der Waals surface area contributed by atoms with Gasteiger partial charge in [-0.05, 0) is 24.6 Å². The van der Waals surface area contributed by atoms with Gasteiger partial charge in [0.2, 0.25) is 0 Å². The molecule has 0 saturated heterocycles. The van der Waals surface area contributed by atoms with Crippen LogP contribution < -0.4 is 0 Å². The first-order valence-electron chi connectivity index (χ1n) is 4.52. The molecule has 0 atom stereocenters. The maximum absolute atomic E-state index is 12.5. The average Bonchev–Trinajstić information content (AvgIpc) is 2.04. The van der Waals surface area contributed by atoms with Gasteiger partial charge in [-0.1, -0.05) is 13.8 Å². The molecule has 1 nitrogen and oxygen atoms in total. The number of carbonyl (C=O) groups is 1. The SMILES string of the molecule is CC.CC(=O)Cc1cc(F)cc(F)c1. The molecule has 0 heterocycles. The highest BCUT2D eigenvalue weighted by Gasteiger charge is 2.02. The summed E-state index contributed by atoms with van der Waals surface area (Å²) in [5.74, 6) is -1.41. The number of benzene rings is 1. The number of ketones is 1. The lowest BCUT2D eigenvalue weighted by Crippen LogP contribution is -1.97. The highest BCUT2D eigenvalue weighted by molar-refractivity contribution is 5.78. The molecule has 78 valence electrons. The molecule has 0 bridgehead atoms. The number of Topliss-reactive ketones (excluding diaryl/α,β-unsaturated/α-hetero) is 1. The third-order valence-electron chi connectivity index (χ3n) is 1.38. The van der Waals surface area contributed by atoms with Crippen LogP contribution in [-0.2, 0) is 11.2 Å². The zero-order chi connectivity index (χ0) is 11.1. The molecule has 0 aliphatic rings. The summed E-state index contributed by atoms with van der Waals surface area (Å²) in [6.45, 7) is 5.38. The molecule has 3 heteroatoms. The fourth-order valence-corrected chi connectivity index (χ4v) is 1.00. The predicted octanol–water partition coefficient (Wildman–Crippen LogP) is 3.12. The van der Waals surface area contributed by atoms with Gasteiger partial charge in [0.25, 0.3) is 0 Å². The van der Waals surface area contributed by atoms with E-state index < -0.39 is 11.6 Å². The largest absolute Gasteiger partial charge is 0.300 e. The van der Waals surface area contributed by atoms with E-state index in [1.165, 1.54) is 6.92 Å². The van der Waals surface area contributed by atoms with Crippen LogP contribution in [0.5, 0.6) is 0 Å². The van der Waals surface area contributed by atoms with Crippen molar-refractivity contribution in [1.82, 2.24) is 0 Å². The molecule has 0 radical (unpaired) electrons. The van der Waals surface area contributed by atoms with E-state index in [4.69, 9.17) is 0 Å². The summed E-state index contributed by atoms with van der Waals surface area (Å²) in [5, 5.41) is 0. The summed E-state index contributed by atoms with van der Waals surface area (Å²) in [6.07, 6.45) is 0.0781. The van der Waals surface area contributed by atoms with Gasteiger partial charge >= 0.3 is 0 Å². The van der Waals surface area contributed by atoms with Crippen molar-refractivity contribution in [3.63, 3.8) is 0 Å². The van der Waals surface area contributed by atoms with Crippen LogP contribution in [0.4, 0.5) is 8.78 Å². The van der Waals surface area contributed by atoms with E-state index in [0.29, 0.717) is 5.56 Å². The van der Waals surface area contributed by atoms with Crippen LogP contribution in [0.1, 0.15) is 26.3 Å². The van der Waals surface area contributed by atoms with Crippen molar-refractivity contribution >= 4 is 5.78 Å². The molecule has 14 heavy (non-hydrogen) atoms. The van der Waals surface area contributed by atoms with Crippen molar-refractivity contribution in [2.45, 2.75) is 27.2 Å². The molecule has 0 aliphatic heterocycles. The first-order valence-corrected chi connectivity index (χ1v) is 4.52. The second kappa shape index (κ2) is 6.24. The highest BCUT2D eigenvalue weighted by atomic mass is 19.1. The minimum atomic E-state index is -0.647. The fourth-order valence-electron chi connectivity index (χ4n) is 1.00. The van der Waals surface area contributed by atoms with Crippen molar-refractivity contribution < 1.29 is 13.6 Å². The van der Waals surface area contributed by atoms with Gasteiger partial charge in [-0.25, -0.2) is 8.78 Å². The maximum atomic E-state index is 12.5. The van der Waals surface area contributed by atoms with Crippen LogP contribution >= 0.6 is 0 Å². The molecule has 1 aromatic carbocycles. The van der Waals surface area contributed by atoms with Crippen molar-refractivity contribution in [3.05, 3.63) is 35.4 Å². The molecular weight excluding hydrogens is 186 g/mol. The molecule has 0 aromatic heterocycles. The van der Waals surface area contributed by atoms with Crippen LogP contribution in [0.15, 0.2) is 18.2 Å². The van der Waals surface area contributed by atoms with Gasteiger partial charge in [0.05, 0.1) is 0 Å². The van der Waals surface area contributed by atoms with Gasteiger partial charge in [-0.2, -0.15) is 0 Å². The first kappa shape index (κ1) is 12.8. The lowest BCUT2D eigenvalue weighted by atomic mass is 10.1. The molecule has 0 aliphatic carbocycles. The summed E-state index contributed by atoms with van der Waals surface area (Å²) in [7, 11) is 0. The van der Waals surface area contributed by atoms with E-state index >= 15 is 0 Å². The van der Waals surface area contributed by atoms with Crippen LogP contribution in [0, 0.1) is 11.6 Å². The highest BCUT2D eigenvalue weighted by Crippen LogP contribution is 2.08. The smallest absolute Gasteiger partial charge is 0.134 e. The number of halogens is 2. The molecular formula is C11H14F2O. The molecule has 0 unspecified atom stereocenters. The molecule has 1 aromatic rings. The Hall–Kier alpha value is -1.25. The van der Waals surface area contributed by atoms with Crippen LogP contribution in [0.2, 0.25) is 0 Å². The molecule has 0 N–H and O–H groups in total. The molecule has 1 rings (SSSR count). The van der Waals surface area contributed by atoms with Crippen molar-refractivity contribution in [2.75, 3.05) is 0 Å². The zero-order valence-corrected chi connectivity index (χ0v) is 8.60. The second-order valence-corrected chi connectivity index (χ2v) is 2.66. The van der Waals surface area contributed by atoms with E-state index in [1.807, 2.05) is 13.8 Å². The summed E-state index contributed by atoms with van der Waals surface area (Å²) in [4.78, 5) is 10.6. The Morgan fingerprint density at radius 3 is 1.93 bits per heavy atom. The standard InChI is InChI=1S/C9H8F2O.C2H6/c1-6(12)2-7-3-8(10)5-9(11)4-7;1-2/h3-5H,2H2,1H3;1-2H3. The minimum Gasteiger partial charge on any atom is -0.300 e. The monoisotopic (exact) mass is 200 g/mol. The topological polar surface area (TPSA) is 17.1 Å². The van der Waals surface area contributed by atoms with Crippen LogP contribution in [-0.4, -0.2) is 5.78 Å². The minimum absolute atomic E-state index is 0.0781. The van der Waals surface area contributed by atoms with Crippen LogP contribution in [0.3, 0.4) is 0 Å². The van der Waals surface area contributed by atoms with Crippen LogP contribution in [0.25, 0.3) is 0 Å². The first-order chi connectivity index (χ1) is 6.58. The Morgan fingerprint density at radius 2 is 1.57 bits per heavy atom. The molecule has 0 saturated carbocycles. The Balaban J connectivity index is 0.000000791. The summed E-state index contributed by atoms with van der Waals surface area (Å²) < 4.78 is 25.1. The van der Waals surface area contributed by atoms with E-state index in [1.54, 1.807) is 0 Å². The Labute approximate surface area is 82.8 Å². The van der Waals surface area contributed by atoms with Crippen molar-refractivity contribution in [3.8, 4) is 0 Å².